The van der Waals surface area contributed by atoms with E-state index in [4.69, 9.17) is 4.52 Å². The molecule has 0 saturated carbocycles. The molecular formula is C13H23N3O2. The van der Waals surface area contributed by atoms with Gasteiger partial charge in [-0.25, -0.2) is 0 Å². The van der Waals surface area contributed by atoms with Crippen LogP contribution >= 0.6 is 0 Å². The number of aliphatic hydroxyl groups is 1. The fraction of sp³-hybridized carbons (Fsp3) is 0.846. The maximum atomic E-state index is 9.60. The minimum atomic E-state index is -0.206. The van der Waals surface area contributed by atoms with Crippen molar-refractivity contribution >= 4 is 0 Å². The summed E-state index contributed by atoms with van der Waals surface area (Å²) >= 11 is 0. The van der Waals surface area contributed by atoms with Gasteiger partial charge in [0.1, 0.15) is 0 Å². The van der Waals surface area contributed by atoms with E-state index in [1.807, 2.05) is 0 Å². The highest BCUT2D eigenvalue weighted by atomic mass is 16.5. The summed E-state index contributed by atoms with van der Waals surface area (Å²) in [5.41, 5.74) is 0. The number of piperidine rings is 1. The molecule has 102 valence electrons. The van der Waals surface area contributed by atoms with Crippen molar-refractivity contribution < 1.29 is 9.63 Å². The molecule has 2 heterocycles. The number of rotatable bonds is 5. The Morgan fingerprint density at radius 2 is 2.33 bits per heavy atom. The number of hydrogen-bond acceptors (Lipinski definition) is 5. The monoisotopic (exact) mass is 253 g/mol. The maximum Gasteiger partial charge on any atom is 0.240 e. The molecule has 1 atom stereocenters. The standard InChI is InChI=1S/C13H23N3O2/c1-10(2)5-6-12-14-13(18-15-12)9-16-7-3-4-11(17)8-16/h10-11,17H,3-9H2,1-2H3. The quantitative estimate of drug-likeness (QED) is 0.864. The first-order valence-electron chi connectivity index (χ1n) is 6.85. The van der Waals surface area contributed by atoms with Gasteiger partial charge < -0.3 is 9.63 Å². The van der Waals surface area contributed by atoms with Crippen LogP contribution in [0.25, 0.3) is 0 Å². The van der Waals surface area contributed by atoms with Crippen LogP contribution in [0.3, 0.4) is 0 Å². The summed E-state index contributed by atoms with van der Waals surface area (Å²) < 4.78 is 5.25. The van der Waals surface area contributed by atoms with E-state index in [1.165, 1.54) is 0 Å². The predicted octanol–water partition coefficient (Wildman–Crippen LogP) is 1.61. The third-order valence-corrected chi connectivity index (χ3v) is 3.29. The summed E-state index contributed by atoms with van der Waals surface area (Å²) in [4.78, 5) is 6.57. The van der Waals surface area contributed by atoms with E-state index < -0.39 is 0 Å². The van der Waals surface area contributed by atoms with Crippen LogP contribution in [0.5, 0.6) is 0 Å². The van der Waals surface area contributed by atoms with Crippen molar-refractivity contribution in [3.63, 3.8) is 0 Å². The normalized spacial score (nSPS) is 21.7. The Morgan fingerprint density at radius 1 is 1.50 bits per heavy atom. The third kappa shape index (κ3) is 4.07. The van der Waals surface area contributed by atoms with Gasteiger partial charge in [-0.1, -0.05) is 19.0 Å². The molecule has 1 aliphatic heterocycles. The molecular weight excluding hydrogens is 230 g/mol. The summed E-state index contributed by atoms with van der Waals surface area (Å²) in [5.74, 6) is 2.13. The Labute approximate surface area is 108 Å². The van der Waals surface area contributed by atoms with Crippen molar-refractivity contribution in [1.29, 1.82) is 0 Å². The summed E-state index contributed by atoms with van der Waals surface area (Å²) in [5, 5.41) is 13.6. The van der Waals surface area contributed by atoms with E-state index >= 15 is 0 Å². The van der Waals surface area contributed by atoms with Gasteiger partial charge in [-0.2, -0.15) is 4.98 Å². The van der Waals surface area contributed by atoms with Gasteiger partial charge in [-0.3, -0.25) is 4.90 Å². The molecule has 18 heavy (non-hydrogen) atoms. The van der Waals surface area contributed by atoms with Gasteiger partial charge in [0.2, 0.25) is 5.89 Å². The highest BCUT2D eigenvalue weighted by Crippen LogP contribution is 2.13. The van der Waals surface area contributed by atoms with Crippen LogP contribution in [-0.2, 0) is 13.0 Å². The molecule has 5 nitrogen and oxygen atoms in total. The zero-order valence-electron chi connectivity index (χ0n) is 11.3. The van der Waals surface area contributed by atoms with Crippen LogP contribution in [0.4, 0.5) is 0 Å². The van der Waals surface area contributed by atoms with Crippen LogP contribution in [0, 0.1) is 5.92 Å². The lowest BCUT2D eigenvalue weighted by molar-refractivity contribution is 0.0613. The molecule has 1 saturated heterocycles. The minimum Gasteiger partial charge on any atom is -0.392 e. The molecule has 0 spiro atoms. The number of likely N-dealkylation sites (tertiary alicyclic amines) is 1. The van der Waals surface area contributed by atoms with Crippen LogP contribution < -0.4 is 0 Å². The predicted molar refractivity (Wildman–Crippen MR) is 68.0 cm³/mol. The first-order chi connectivity index (χ1) is 8.63. The molecule has 1 aromatic heterocycles. The molecule has 1 aliphatic rings. The Hall–Kier alpha value is -0.940. The first-order valence-corrected chi connectivity index (χ1v) is 6.85. The Bertz CT molecular complexity index is 365. The van der Waals surface area contributed by atoms with Crippen LogP contribution in [0.15, 0.2) is 4.52 Å². The molecule has 0 aliphatic carbocycles. The van der Waals surface area contributed by atoms with Gasteiger partial charge in [0.05, 0.1) is 12.6 Å². The lowest BCUT2D eigenvalue weighted by Crippen LogP contribution is -2.37. The topological polar surface area (TPSA) is 62.4 Å². The van der Waals surface area contributed by atoms with E-state index in [0.29, 0.717) is 24.9 Å². The van der Waals surface area contributed by atoms with E-state index in [2.05, 4.69) is 28.9 Å². The zero-order chi connectivity index (χ0) is 13.0. The maximum absolute atomic E-state index is 9.60. The fourth-order valence-corrected chi connectivity index (χ4v) is 2.24. The van der Waals surface area contributed by atoms with E-state index in [-0.39, 0.29) is 6.10 Å². The molecule has 0 amide bonds. The van der Waals surface area contributed by atoms with Gasteiger partial charge in [-0.15, -0.1) is 0 Å². The molecule has 2 rings (SSSR count). The van der Waals surface area contributed by atoms with Crippen molar-refractivity contribution in [3.8, 4) is 0 Å². The highest BCUT2D eigenvalue weighted by Gasteiger charge is 2.19. The SMILES string of the molecule is CC(C)CCc1noc(CN2CCCC(O)C2)n1. The first kappa shape index (κ1) is 13.5. The molecule has 5 heteroatoms. The Morgan fingerprint density at radius 3 is 3.06 bits per heavy atom. The average Bonchev–Trinajstić information content (AvgIpc) is 2.74. The molecule has 0 bridgehead atoms. The van der Waals surface area contributed by atoms with Gasteiger partial charge in [0, 0.05) is 13.0 Å². The lowest BCUT2D eigenvalue weighted by Gasteiger charge is -2.28. The highest BCUT2D eigenvalue weighted by molar-refractivity contribution is 4.88. The molecule has 1 unspecified atom stereocenters. The zero-order valence-corrected chi connectivity index (χ0v) is 11.3. The van der Waals surface area contributed by atoms with Crippen molar-refractivity contribution in [2.24, 2.45) is 5.92 Å². The second-order valence-electron chi connectivity index (χ2n) is 5.57. The second kappa shape index (κ2) is 6.29. The van der Waals surface area contributed by atoms with Crippen LogP contribution in [0.1, 0.15) is 44.8 Å². The van der Waals surface area contributed by atoms with Gasteiger partial charge >= 0.3 is 0 Å². The average molecular weight is 253 g/mol. The number of β-amino-alcohol motifs (C(OH)–C–C–N with tert-alkyl or cyclic N) is 1. The van der Waals surface area contributed by atoms with Crippen molar-refractivity contribution in [2.45, 2.75) is 52.2 Å². The van der Waals surface area contributed by atoms with Crippen LogP contribution in [0.2, 0.25) is 0 Å². The summed E-state index contributed by atoms with van der Waals surface area (Å²) in [6.07, 6.45) is 3.70. The van der Waals surface area contributed by atoms with E-state index in [0.717, 1.165) is 38.1 Å². The molecule has 1 fully saturated rings. The number of aromatic nitrogens is 2. The lowest BCUT2D eigenvalue weighted by atomic mass is 10.1. The van der Waals surface area contributed by atoms with E-state index in [9.17, 15) is 5.11 Å². The number of hydrogen-bond donors (Lipinski definition) is 1. The van der Waals surface area contributed by atoms with Gasteiger partial charge in [-0.05, 0) is 31.7 Å². The Kier molecular flexibility index (Phi) is 4.72. The number of nitrogens with zero attached hydrogens (tertiary/aromatic N) is 3. The summed E-state index contributed by atoms with van der Waals surface area (Å²) in [6, 6.07) is 0. The Balaban J connectivity index is 1.82. The van der Waals surface area contributed by atoms with Gasteiger partial charge in [0.25, 0.3) is 0 Å². The summed E-state index contributed by atoms with van der Waals surface area (Å²) in [6.45, 7) is 6.75. The second-order valence-corrected chi connectivity index (χ2v) is 5.57. The van der Waals surface area contributed by atoms with Gasteiger partial charge in [0.15, 0.2) is 5.82 Å². The smallest absolute Gasteiger partial charge is 0.240 e. The largest absolute Gasteiger partial charge is 0.392 e. The van der Waals surface area contributed by atoms with Crippen molar-refractivity contribution in [1.82, 2.24) is 15.0 Å². The van der Waals surface area contributed by atoms with E-state index in [1.54, 1.807) is 0 Å². The van der Waals surface area contributed by atoms with Crippen LogP contribution in [-0.4, -0.2) is 39.3 Å². The van der Waals surface area contributed by atoms with Crippen molar-refractivity contribution in [2.75, 3.05) is 13.1 Å². The number of aliphatic hydroxyl groups excluding tert-OH is 1. The third-order valence-electron chi connectivity index (χ3n) is 3.29. The minimum absolute atomic E-state index is 0.206. The molecule has 0 radical (unpaired) electrons. The fourth-order valence-electron chi connectivity index (χ4n) is 2.24. The summed E-state index contributed by atoms with van der Waals surface area (Å²) in [7, 11) is 0. The molecule has 1 N–H and O–H groups in total. The number of aryl methyl sites for hydroxylation is 1. The molecule has 1 aromatic rings. The molecule has 0 aromatic carbocycles. The van der Waals surface area contributed by atoms with Crippen molar-refractivity contribution in [3.05, 3.63) is 11.7 Å².